The Morgan fingerprint density at radius 1 is 1.17 bits per heavy atom. The molecule has 1 aliphatic heterocycles. The Morgan fingerprint density at radius 3 is 2.57 bits per heavy atom. The molecule has 2 rings (SSSR count). The summed E-state index contributed by atoms with van der Waals surface area (Å²) in [5.74, 6) is -0.935. The molecule has 23 heavy (non-hydrogen) atoms. The van der Waals surface area contributed by atoms with E-state index in [9.17, 15) is 14.7 Å². The van der Waals surface area contributed by atoms with Crippen molar-refractivity contribution in [3.05, 3.63) is 35.4 Å². The highest BCUT2D eigenvalue weighted by Gasteiger charge is 2.25. The number of amides is 1. The largest absolute Gasteiger partial charge is 0.480 e. The normalized spacial score (nSPS) is 23.6. The van der Waals surface area contributed by atoms with E-state index in [4.69, 9.17) is 0 Å². The molecule has 2 atom stereocenters. The van der Waals surface area contributed by atoms with E-state index >= 15 is 0 Å². The average Bonchev–Trinajstić information content (AvgIpc) is 2.55. The van der Waals surface area contributed by atoms with E-state index < -0.39 is 12.0 Å². The number of rotatable bonds is 2. The molecule has 1 aromatic carbocycles. The van der Waals surface area contributed by atoms with E-state index in [1.165, 1.54) is 5.56 Å². The second-order valence-corrected chi connectivity index (χ2v) is 6.57. The first-order valence-corrected chi connectivity index (χ1v) is 8.96. The molecule has 0 radical (unpaired) electrons. The number of fused-ring (bicyclic) bond motifs is 1. The van der Waals surface area contributed by atoms with Crippen LogP contribution in [0, 0.1) is 5.92 Å². The Balaban J connectivity index is 2.23. The highest BCUT2D eigenvalue weighted by molar-refractivity contribution is 7.80. The summed E-state index contributed by atoms with van der Waals surface area (Å²) in [7, 11) is 0. The van der Waals surface area contributed by atoms with Crippen molar-refractivity contribution >= 4 is 24.5 Å². The zero-order valence-corrected chi connectivity index (χ0v) is 14.2. The first kappa shape index (κ1) is 17.9. The molecule has 1 heterocycles. The molecule has 1 amide bonds. The van der Waals surface area contributed by atoms with Crippen molar-refractivity contribution in [2.24, 2.45) is 5.92 Å². The van der Waals surface area contributed by atoms with Crippen LogP contribution < -0.4 is 5.32 Å². The molecule has 0 aliphatic carbocycles. The Hall–Kier alpha value is -1.49. The van der Waals surface area contributed by atoms with Gasteiger partial charge in [-0.25, -0.2) is 4.79 Å². The molecule has 0 unspecified atom stereocenters. The van der Waals surface area contributed by atoms with Crippen molar-refractivity contribution in [1.82, 2.24) is 5.32 Å². The molecule has 1 aromatic rings. The number of hydrogen-bond donors (Lipinski definition) is 3. The lowest BCUT2D eigenvalue weighted by molar-refractivity contribution is -0.142. The van der Waals surface area contributed by atoms with Gasteiger partial charge in [0.05, 0.1) is 0 Å². The minimum absolute atomic E-state index is 0.191. The van der Waals surface area contributed by atoms with Gasteiger partial charge >= 0.3 is 5.97 Å². The van der Waals surface area contributed by atoms with E-state index in [1.807, 2.05) is 18.2 Å². The second-order valence-electron chi connectivity index (χ2n) is 6.20. The molecule has 0 spiro atoms. The number of carboxylic acid groups (broad SMARTS) is 1. The van der Waals surface area contributed by atoms with Gasteiger partial charge in [-0.2, -0.15) is 12.6 Å². The number of hydrogen-bond acceptors (Lipinski definition) is 3. The number of nitrogens with one attached hydrogen (secondary N) is 1. The topological polar surface area (TPSA) is 66.4 Å². The highest BCUT2D eigenvalue weighted by Crippen LogP contribution is 2.19. The average molecular weight is 335 g/mol. The van der Waals surface area contributed by atoms with Crippen LogP contribution in [0.2, 0.25) is 0 Å². The third kappa shape index (κ3) is 5.27. The lowest BCUT2D eigenvalue weighted by Gasteiger charge is -2.20. The van der Waals surface area contributed by atoms with Crippen molar-refractivity contribution in [2.75, 3.05) is 5.75 Å². The lowest BCUT2D eigenvalue weighted by Crippen LogP contribution is -2.45. The number of aliphatic carboxylic acids is 1. The Morgan fingerprint density at radius 2 is 1.87 bits per heavy atom. The summed E-state index contributed by atoms with van der Waals surface area (Å²) in [5, 5.41) is 12.2. The standard InChI is InChI=1S/C18H25NO3S/c20-17-15(12-23)10-4-2-1-3-7-13-8-5-6-9-14(13)11-16(19-17)18(21)22/h5-6,8-9,15-16,23H,1-4,7,10-12H2,(H,19,20)(H,21,22)/t15-,16-/m1/s1. The SMILES string of the molecule is O=C1N[C@@H](C(=O)O)Cc2ccccc2CCCCCC[C@@H]1CS. The van der Waals surface area contributed by atoms with Crippen LogP contribution >= 0.6 is 12.6 Å². The summed E-state index contributed by atoms with van der Waals surface area (Å²) in [5.41, 5.74) is 2.21. The van der Waals surface area contributed by atoms with Gasteiger partial charge in [-0.3, -0.25) is 4.79 Å². The molecule has 5 heteroatoms. The fraction of sp³-hybridized carbons (Fsp3) is 0.556. The molecule has 0 aromatic heterocycles. The van der Waals surface area contributed by atoms with Crippen LogP contribution in [0.5, 0.6) is 0 Å². The summed E-state index contributed by atoms with van der Waals surface area (Å²) >= 11 is 4.26. The van der Waals surface area contributed by atoms with Gasteiger partial charge in [0.1, 0.15) is 6.04 Å². The van der Waals surface area contributed by atoms with Gasteiger partial charge in [0.15, 0.2) is 0 Å². The molecule has 0 bridgehead atoms. The van der Waals surface area contributed by atoms with Gasteiger partial charge in [-0.05, 0) is 30.4 Å². The molecule has 1 aliphatic rings. The Bertz CT molecular complexity index is 547. The summed E-state index contributed by atoms with van der Waals surface area (Å²) in [6.07, 6.45) is 6.39. The van der Waals surface area contributed by atoms with Crippen molar-refractivity contribution in [3.8, 4) is 0 Å². The predicted octanol–water partition coefficient (Wildman–Crippen LogP) is 2.85. The van der Waals surface area contributed by atoms with Crippen molar-refractivity contribution in [1.29, 1.82) is 0 Å². The quantitative estimate of drug-likeness (QED) is 0.728. The number of carboxylic acids is 1. The molecule has 0 saturated heterocycles. The van der Waals surface area contributed by atoms with Crippen LogP contribution in [0.4, 0.5) is 0 Å². The van der Waals surface area contributed by atoms with Crippen molar-refractivity contribution < 1.29 is 14.7 Å². The first-order chi connectivity index (χ1) is 11.1. The van der Waals surface area contributed by atoms with Gasteiger partial charge in [-0.15, -0.1) is 0 Å². The van der Waals surface area contributed by atoms with Crippen LogP contribution in [-0.2, 0) is 22.4 Å². The number of aryl methyl sites for hydroxylation is 1. The van der Waals surface area contributed by atoms with Gasteiger partial charge in [-0.1, -0.05) is 43.5 Å². The van der Waals surface area contributed by atoms with Gasteiger partial charge in [0.25, 0.3) is 0 Å². The van der Waals surface area contributed by atoms with Gasteiger partial charge in [0.2, 0.25) is 5.91 Å². The fourth-order valence-electron chi connectivity index (χ4n) is 3.08. The minimum Gasteiger partial charge on any atom is -0.480 e. The van der Waals surface area contributed by atoms with Crippen LogP contribution in [0.25, 0.3) is 0 Å². The smallest absolute Gasteiger partial charge is 0.326 e. The van der Waals surface area contributed by atoms with E-state index in [0.29, 0.717) is 12.2 Å². The minimum atomic E-state index is -0.985. The zero-order chi connectivity index (χ0) is 16.7. The number of benzene rings is 1. The second kappa shape index (κ2) is 8.96. The predicted molar refractivity (Wildman–Crippen MR) is 93.8 cm³/mol. The maximum Gasteiger partial charge on any atom is 0.326 e. The highest BCUT2D eigenvalue weighted by atomic mass is 32.1. The van der Waals surface area contributed by atoms with Crippen LogP contribution in [-0.4, -0.2) is 28.8 Å². The van der Waals surface area contributed by atoms with Gasteiger partial charge < -0.3 is 10.4 Å². The van der Waals surface area contributed by atoms with E-state index in [0.717, 1.165) is 44.1 Å². The number of carbonyl (C=O) groups excluding carboxylic acids is 1. The summed E-state index contributed by atoms with van der Waals surface area (Å²) in [6.45, 7) is 0. The number of carbonyl (C=O) groups is 2. The molecular formula is C18H25NO3S. The van der Waals surface area contributed by atoms with Crippen LogP contribution in [0.3, 0.4) is 0 Å². The van der Waals surface area contributed by atoms with E-state index in [-0.39, 0.29) is 11.8 Å². The Labute approximate surface area is 143 Å². The molecule has 4 nitrogen and oxygen atoms in total. The molecule has 0 fully saturated rings. The van der Waals surface area contributed by atoms with Crippen LogP contribution in [0.1, 0.15) is 43.2 Å². The molecule has 0 saturated carbocycles. The van der Waals surface area contributed by atoms with Crippen LogP contribution in [0.15, 0.2) is 24.3 Å². The van der Waals surface area contributed by atoms with E-state index in [1.54, 1.807) is 0 Å². The lowest BCUT2D eigenvalue weighted by atomic mass is 9.96. The monoisotopic (exact) mass is 335 g/mol. The molecule has 126 valence electrons. The maximum absolute atomic E-state index is 12.4. The Kier molecular flexibility index (Phi) is 6.96. The molecule has 2 N–H and O–H groups in total. The first-order valence-electron chi connectivity index (χ1n) is 8.32. The third-order valence-corrected chi connectivity index (χ3v) is 4.94. The van der Waals surface area contributed by atoms with E-state index in [2.05, 4.69) is 24.0 Å². The summed E-state index contributed by atoms with van der Waals surface area (Å²) in [4.78, 5) is 23.9. The van der Waals surface area contributed by atoms with Crippen molar-refractivity contribution in [2.45, 2.75) is 51.0 Å². The van der Waals surface area contributed by atoms with Crippen molar-refractivity contribution in [3.63, 3.8) is 0 Å². The fourth-order valence-corrected chi connectivity index (χ4v) is 3.42. The maximum atomic E-state index is 12.4. The molecular weight excluding hydrogens is 310 g/mol. The van der Waals surface area contributed by atoms with Gasteiger partial charge in [0, 0.05) is 18.1 Å². The summed E-state index contributed by atoms with van der Waals surface area (Å²) < 4.78 is 0. The third-order valence-electron chi connectivity index (χ3n) is 4.50. The summed E-state index contributed by atoms with van der Waals surface area (Å²) in [6, 6.07) is 7.06. The zero-order valence-electron chi connectivity index (χ0n) is 13.3. The number of thiol groups is 1.